The normalized spacial score (nSPS) is 17.2. The molecule has 33 heavy (non-hydrogen) atoms. The molecule has 5 rings (SSSR count). The first kappa shape index (κ1) is 21.8. The molecule has 0 bridgehead atoms. The second-order valence-corrected chi connectivity index (χ2v) is 9.61. The maximum Gasteiger partial charge on any atom is 0.257 e. The molecule has 1 saturated carbocycles. The fraction of sp³-hybridized carbons (Fsp3) is 0.520. The first-order valence-electron chi connectivity index (χ1n) is 11.9. The number of carbonyl (C=O) groups is 1. The lowest BCUT2D eigenvalue weighted by atomic mass is 9.93. The van der Waals surface area contributed by atoms with Gasteiger partial charge in [0.2, 0.25) is 0 Å². The molecule has 1 aliphatic heterocycles. The van der Waals surface area contributed by atoms with E-state index < -0.39 is 0 Å². The van der Waals surface area contributed by atoms with Crippen LogP contribution in [-0.4, -0.2) is 69.2 Å². The van der Waals surface area contributed by atoms with Gasteiger partial charge in [0.15, 0.2) is 5.76 Å². The number of likely N-dealkylation sites (tertiary alicyclic amines) is 1. The molecule has 0 atom stereocenters. The van der Waals surface area contributed by atoms with Crippen LogP contribution in [0.15, 0.2) is 35.0 Å². The van der Waals surface area contributed by atoms with Crippen LogP contribution in [0.4, 0.5) is 0 Å². The van der Waals surface area contributed by atoms with Gasteiger partial charge < -0.3 is 14.2 Å². The number of piperidine rings is 1. The Bertz CT molecular complexity index is 1120. The highest BCUT2D eigenvalue weighted by molar-refractivity contribution is 5.95. The summed E-state index contributed by atoms with van der Waals surface area (Å²) in [6, 6.07) is 5.65. The van der Waals surface area contributed by atoms with E-state index in [9.17, 15) is 4.79 Å². The van der Waals surface area contributed by atoms with Crippen molar-refractivity contribution in [1.29, 1.82) is 0 Å². The fourth-order valence-electron chi connectivity index (χ4n) is 4.63. The summed E-state index contributed by atoms with van der Waals surface area (Å²) in [6.45, 7) is 4.65. The van der Waals surface area contributed by atoms with Crippen LogP contribution in [0, 0.1) is 12.8 Å². The van der Waals surface area contributed by atoms with Gasteiger partial charge in [0, 0.05) is 25.2 Å². The molecule has 0 unspecified atom stereocenters. The number of aryl methyl sites for hydroxylation is 1. The standard InChI is InChI=1S/C25H32N6O2/c1-17-4-7-22(33-17)21-8-12-26-25(28-21)31-23(19-5-6-19)20(16-27-31)24(32)30-14-10-18(11-15-30)9-13-29(2)3/h4,7-8,12,16,18-19H,5-6,9-11,13-15H2,1-3H3. The van der Waals surface area contributed by atoms with Crippen LogP contribution in [0.3, 0.4) is 0 Å². The maximum absolute atomic E-state index is 13.5. The van der Waals surface area contributed by atoms with E-state index in [1.54, 1.807) is 17.1 Å². The minimum atomic E-state index is 0.0898. The van der Waals surface area contributed by atoms with Crippen LogP contribution in [0.2, 0.25) is 0 Å². The Balaban J connectivity index is 1.36. The monoisotopic (exact) mass is 448 g/mol. The fourth-order valence-corrected chi connectivity index (χ4v) is 4.63. The molecule has 0 radical (unpaired) electrons. The minimum absolute atomic E-state index is 0.0898. The number of hydrogen-bond donors (Lipinski definition) is 0. The van der Waals surface area contributed by atoms with Crippen molar-refractivity contribution < 1.29 is 9.21 Å². The highest BCUT2D eigenvalue weighted by atomic mass is 16.3. The zero-order chi connectivity index (χ0) is 22.9. The molecule has 2 fully saturated rings. The van der Waals surface area contributed by atoms with E-state index in [1.807, 2.05) is 30.0 Å². The van der Waals surface area contributed by atoms with Crippen LogP contribution < -0.4 is 0 Å². The van der Waals surface area contributed by atoms with Crippen molar-refractivity contribution in [3.8, 4) is 17.4 Å². The maximum atomic E-state index is 13.5. The van der Waals surface area contributed by atoms with Gasteiger partial charge in [-0.3, -0.25) is 4.79 Å². The molecule has 2 aliphatic rings. The molecule has 3 aromatic heterocycles. The molecule has 1 saturated heterocycles. The largest absolute Gasteiger partial charge is 0.460 e. The van der Waals surface area contributed by atoms with Crippen LogP contribution >= 0.6 is 0 Å². The highest BCUT2D eigenvalue weighted by Crippen LogP contribution is 2.42. The summed E-state index contributed by atoms with van der Waals surface area (Å²) in [6.07, 6.45) is 8.89. The molecule has 8 heteroatoms. The average molecular weight is 449 g/mol. The highest BCUT2D eigenvalue weighted by Gasteiger charge is 2.35. The molecule has 0 aromatic carbocycles. The molecule has 1 aliphatic carbocycles. The van der Waals surface area contributed by atoms with Crippen LogP contribution in [0.25, 0.3) is 17.4 Å². The Labute approximate surface area is 194 Å². The van der Waals surface area contributed by atoms with Crippen LogP contribution in [0.1, 0.15) is 59.8 Å². The molecule has 1 amide bonds. The summed E-state index contributed by atoms with van der Waals surface area (Å²) < 4.78 is 7.49. The lowest BCUT2D eigenvalue weighted by Gasteiger charge is -2.32. The van der Waals surface area contributed by atoms with Gasteiger partial charge in [0.05, 0.1) is 17.5 Å². The first-order valence-corrected chi connectivity index (χ1v) is 11.9. The van der Waals surface area contributed by atoms with Crippen molar-refractivity contribution in [2.75, 3.05) is 33.7 Å². The first-order chi connectivity index (χ1) is 16.0. The van der Waals surface area contributed by atoms with Gasteiger partial charge >= 0.3 is 0 Å². The van der Waals surface area contributed by atoms with Crippen LogP contribution in [0.5, 0.6) is 0 Å². The summed E-state index contributed by atoms with van der Waals surface area (Å²) in [7, 11) is 4.23. The Morgan fingerprint density at radius 1 is 1.15 bits per heavy atom. The van der Waals surface area contributed by atoms with Crippen molar-refractivity contribution >= 4 is 5.91 Å². The Morgan fingerprint density at radius 3 is 2.61 bits per heavy atom. The zero-order valence-electron chi connectivity index (χ0n) is 19.7. The summed E-state index contributed by atoms with van der Waals surface area (Å²) >= 11 is 0. The van der Waals surface area contributed by atoms with Gasteiger partial charge in [-0.25, -0.2) is 14.6 Å². The van der Waals surface area contributed by atoms with Crippen LogP contribution in [-0.2, 0) is 0 Å². The third-order valence-electron chi connectivity index (χ3n) is 6.71. The number of hydrogen-bond acceptors (Lipinski definition) is 6. The topological polar surface area (TPSA) is 80.3 Å². The van der Waals surface area contributed by atoms with E-state index in [4.69, 9.17) is 9.40 Å². The van der Waals surface area contributed by atoms with Crippen molar-refractivity contribution in [3.05, 3.63) is 47.6 Å². The molecule has 0 N–H and O–H groups in total. The molecule has 3 aromatic rings. The lowest BCUT2D eigenvalue weighted by molar-refractivity contribution is 0.0682. The number of carbonyl (C=O) groups excluding carboxylic acids is 1. The Morgan fingerprint density at radius 2 is 1.94 bits per heavy atom. The number of amides is 1. The predicted octanol–water partition coefficient (Wildman–Crippen LogP) is 3.91. The van der Waals surface area contributed by atoms with E-state index in [0.717, 1.165) is 56.8 Å². The van der Waals surface area contributed by atoms with Gasteiger partial charge in [0.25, 0.3) is 11.9 Å². The van der Waals surface area contributed by atoms with Crippen molar-refractivity contribution in [2.24, 2.45) is 5.92 Å². The van der Waals surface area contributed by atoms with E-state index in [2.05, 4.69) is 29.1 Å². The summed E-state index contributed by atoms with van der Waals surface area (Å²) in [5.74, 6) is 3.13. The zero-order valence-corrected chi connectivity index (χ0v) is 19.7. The Kier molecular flexibility index (Phi) is 6.01. The van der Waals surface area contributed by atoms with Gasteiger partial charge in [-0.2, -0.15) is 5.10 Å². The lowest BCUT2D eigenvalue weighted by Crippen LogP contribution is -2.39. The quantitative estimate of drug-likeness (QED) is 0.545. The second-order valence-electron chi connectivity index (χ2n) is 9.61. The van der Waals surface area contributed by atoms with Gasteiger partial charge in [0.1, 0.15) is 11.5 Å². The van der Waals surface area contributed by atoms with Crippen molar-refractivity contribution in [3.63, 3.8) is 0 Å². The van der Waals surface area contributed by atoms with E-state index in [0.29, 0.717) is 34.8 Å². The third-order valence-corrected chi connectivity index (χ3v) is 6.71. The third kappa shape index (κ3) is 4.71. The molecule has 8 nitrogen and oxygen atoms in total. The Hall–Kier alpha value is -3.00. The molecular weight excluding hydrogens is 416 g/mol. The number of nitrogens with zero attached hydrogens (tertiary/aromatic N) is 6. The SMILES string of the molecule is Cc1ccc(-c2ccnc(-n3ncc(C(=O)N4CCC(CCN(C)C)CC4)c3C3CC3)n2)o1. The number of aromatic nitrogens is 4. The average Bonchev–Trinajstić information content (AvgIpc) is 3.41. The summed E-state index contributed by atoms with van der Waals surface area (Å²) in [5.41, 5.74) is 2.35. The van der Waals surface area contributed by atoms with Gasteiger partial charge in [-0.05, 0) is 83.8 Å². The van der Waals surface area contributed by atoms with E-state index in [1.165, 1.54) is 6.42 Å². The molecule has 0 spiro atoms. The van der Waals surface area contributed by atoms with Gasteiger partial charge in [-0.15, -0.1) is 0 Å². The molecule has 174 valence electrons. The number of rotatable bonds is 7. The molecular formula is C25H32N6O2. The number of furan rings is 1. The van der Waals surface area contributed by atoms with Gasteiger partial charge in [-0.1, -0.05) is 0 Å². The predicted molar refractivity (Wildman–Crippen MR) is 125 cm³/mol. The van der Waals surface area contributed by atoms with Crippen molar-refractivity contribution in [1.82, 2.24) is 29.5 Å². The second kappa shape index (κ2) is 9.09. The van der Waals surface area contributed by atoms with E-state index >= 15 is 0 Å². The summed E-state index contributed by atoms with van der Waals surface area (Å²) in [5, 5.41) is 4.58. The van der Waals surface area contributed by atoms with E-state index in [-0.39, 0.29) is 5.91 Å². The minimum Gasteiger partial charge on any atom is -0.460 e. The van der Waals surface area contributed by atoms with Crippen molar-refractivity contribution in [2.45, 2.75) is 44.9 Å². The molecule has 4 heterocycles. The smallest absolute Gasteiger partial charge is 0.257 e. The summed E-state index contributed by atoms with van der Waals surface area (Å²) in [4.78, 5) is 26.9.